The molecule has 2 aromatic rings. The first-order valence-corrected chi connectivity index (χ1v) is 6.56. The lowest BCUT2D eigenvalue weighted by atomic mass is 10.3. The van der Waals surface area contributed by atoms with Crippen LogP contribution in [0.2, 0.25) is 0 Å². The molecule has 17 heavy (non-hydrogen) atoms. The SMILES string of the molecule is CCS(=O)(=O)c1c(C(=O)O)nn2ccccc12. The molecule has 0 spiro atoms. The van der Waals surface area contributed by atoms with Crippen LogP contribution in [-0.4, -0.2) is 34.9 Å². The van der Waals surface area contributed by atoms with Crippen molar-refractivity contribution >= 4 is 21.3 Å². The number of aromatic nitrogens is 2. The van der Waals surface area contributed by atoms with Crippen molar-refractivity contribution in [1.82, 2.24) is 9.61 Å². The number of aromatic carboxylic acids is 1. The molecule has 0 unspecified atom stereocenters. The minimum Gasteiger partial charge on any atom is -0.476 e. The van der Waals surface area contributed by atoms with Crippen LogP contribution >= 0.6 is 0 Å². The van der Waals surface area contributed by atoms with Gasteiger partial charge in [0.05, 0.1) is 11.3 Å². The van der Waals surface area contributed by atoms with E-state index in [1.54, 1.807) is 12.1 Å². The maximum absolute atomic E-state index is 11.9. The molecule has 0 aromatic carbocycles. The summed E-state index contributed by atoms with van der Waals surface area (Å²) in [6.45, 7) is 1.47. The summed E-state index contributed by atoms with van der Waals surface area (Å²) < 4.78 is 25.0. The zero-order chi connectivity index (χ0) is 12.6. The lowest BCUT2D eigenvalue weighted by Crippen LogP contribution is -2.09. The molecule has 0 aliphatic heterocycles. The first-order valence-electron chi connectivity index (χ1n) is 4.91. The van der Waals surface area contributed by atoms with Crippen molar-refractivity contribution in [1.29, 1.82) is 0 Å². The van der Waals surface area contributed by atoms with E-state index in [1.807, 2.05) is 0 Å². The fraction of sp³-hybridized carbons (Fsp3) is 0.200. The van der Waals surface area contributed by atoms with Crippen LogP contribution in [0.3, 0.4) is 0 Å². The van der Waals surface area contributed by atoms with Gasteiger partial charge in [0.15, 0.2) is 15.5 Å². The maximum atomic E-state index is 11.9. The van der Waals surface area contributed by atoms with Crippen molar-refractivity contribution in [3.63, 3.8) is 0 Å². The topological polar surface area (TPSA) is 88.7 Å². The lowest BCUT2D eigenvalue weighted by Gasteiger charge is -1.99. The number of carboxylic acids is 1. The molecule has 0 aliphatic carbocycles. The molecule has 0 aliphatic rings. The number of hydrogen-bond donors (Lipinski definition) is 1. The molecule has 2 aromatic heterocycles. The van der Waals surface area contributed by atoms with Crippen LogP contribution in [0.1, 0.15) is 17.4 Å². The Balaban J connectivity index is 2.92. The van der Waals surface area contributed by atoms with E-state index < -0.39 is 21.5 Å². The average Bonchev–Trinajstić information content (AvgIpc) is 2.69. The van der Waals surface area contributed by atoms with E-state index in [-0.39, 0.29) is 16.2 Å². The highest BCUT2D eigenvalue weighted by atomic mass is 32.2. The molecular weight excluding hydrogens is 244 g/mol. The molecule has 90 valence electrons. The van der Waals surface area contributed by atoms with Gasteiger partial charge in [0.25, 0.3) is 0 Å². The van der Waals surface area contributed by atoms with Crippen molar-refractivity contribution in [2.45, 2.75) is 11.8 Å². The van der Waals surface area contributed by atoms with E-state index in [0.29, 0.717) is 0 Å². The highest BCUT2D eigenvalue weighted by Crippen LogP contribution is 2.22. The van der Waals surface area contributed by atoms with Gasteiger partial charge in [0.1, 0.15) is 4.90 Å². The van der Waals surface area contributed by atoms with Crippen molar-refractivity contribution in [2.24, 2.45) is 0 Å². The van der Waals surface area contributed by atoms with Crippen LogP contribution in [0, 0.1) is 0 Å². The number of rotatable bonds is 3. The van der Waals surface area contributed by atoms with Gasteiger partial charge in [-0.1, -0.05) is 13.0 Å². The molecule has 0 saturated carbocycles. The molecule has 0 amide bonds. The Kier molecular flexibility index (Phi) is 2.62. The first kappa shape index (κ1) is 11.6. The van der Waals surface area contributed by atoms with Crippen LogP contribution in [0.5, 0.6) is 0 Å². The van der Waals surface area contributed by atoms with E-state index in [9.17, 15) is 13.2 Å². The van der Waals surface area contributed by atoms with Crippen LogP contribution < -0.4 is 0 Å². The molecule has 0 saturated heterocycles. The smallest absolute Gasteiger partial charge is 0.357 e. The van der Waals surface area contributed by atoms with Crippen molar-refractivity contribution in [3.8, 4) is 0 Å². The van der Waals surface area contributed by atoms with Crippen molar-refractivity contribution in [2.75, 3.05) is 5.75 Å². The molecule has 2 heterocycles. The maximum Gasteiger partial charge on any atom is 0.357 e. The summed E-state index contributed by atoms with van der Waals surface area (Å²) in [5.74, 6) is -1.51. The molecule has 7 heteroatoms. The number of carboxylic acid groups (broad SMARTS) is 1. The molecule has 1 N–H and O–H groups in total. The highest BCUT2D eigenvalue weighted by Gasteiger charge is 2.27. The summed E-state index contributed by atoms with van der Waals surface area (Å²) in [6, 6.07) is 4.81. The average molecular weight is 254 g/mol. The fourth-order valence-electron chi connectivity index (χ4n) is 1.57. The Morgan fingerprint density at radius 3 is 2.76 bits per heavy atom. The molecule has 0 bridgehead atoms. The predicted molar refractivity (Wildman–Crippen MR) is 59.9 cm³/mol. The van der Waals surface area contributed by atoms with Gasteiger partial charge in [-0.15, -0.1) is 0 Å². The van der Waals surface area contributed by atoms with Crippen LogP contribution in [0.25, 0.3) is 5.52 Å². The summed E-state index contributed by atoms with van der Waals surface area (Å²) in [5, 5.41) is 12.7. The minimum absolute atomic E-state index is 0.163. The van der Waals surface area contributed by atoms with Crippen LogP contribution in [-0.2, 0) is 9.84 Å². The standard InChI is InChI=1S/C10H10N2O4S/c1-2-17(15,16)9-7-5-3-4-6-12(7)11-8(9)10(13)14/h3-6H,2H2,1H3,(H,13,14). The number of sulfone groups is 1. The van der Waals surface area contributed by atoms with E-state index in [2.05, 4.69) is 5.10 Å². The Hall–Kier alpha value is -1.89. The fourth-order valence-corrected chi connectivity index (χ4v) is 2.76. The van der Waals surface area contributed by atoms with Crippen molar-refractivity contribution < 1.29 is 18.3 Å². The second-order valence-electron chi connectivity index (χ2n) is 3.42. The zero-order valence-electron chi connectivity index (χ0n) is 8.99. The Morgan fingerprint density at radius 2 is 2.18 bits per heavy atom. The van der Waals surface area contributed by atoms with Gasteiger partial charge in [-0.05, 0) is 12.1 Å². The molecule has 6 nitrogen and oxygen atoms in total. The van der Waals surface area contributed by atoms with E-state index in [1.165, 1.54) is 23.7 Å². The first-order chi connectivity index (χ1) is 7.97. The Labute approximate surface area is 97.4 Å². The quantitative estimate of drug-likeness (QED) is 0.876. The molecule has 0 radical (unpaired) electrons. The second kappa shape index (κ2) is 3.85. The van der Waals surface area contributed by atoms with Gasteiger partial charge in [-0.25, -0.2) is 17.7 Å². The van der Waals surface area contributed by atoms with E-state index in [4.69, 9.17) is 5.11 Å². The van der Waals surface area contributed by atoms with Gasteiger partial charge < -0.3 is 5.11 Å². The number of carbonyl (C=O) groups is 1. The summed E-state index contributed by atoms with van der Waals surface area (Å²) in [6.07, 6.45) is 1.51. The lowest BCUT2D eigenvalue weighted by molar-refractivity contribution is 0.0686. The van der Waals surface area contributed by atoms with Crippen LogP contribution in [0.4, 0.5) is 0 Å². The Morgan fingerprint density at radius 1 is 1.47 bits per heavy atom. The molecule has 2 rings (SSSR count). The van der Waals surface area contributed by atoms with Gasteiger partial charge in [-0.2, -0.15) is 5.10 Å². The van der Waals surface area contributed by atoms with Gasteiger partial charge in [0, 0.05) is 6.20 Å². The third-order valence-electron chi connectivity index (χ3n) is 2.39. The number of pyridine rings is 1. The zero-order valence-corrected chi connectivity index (χ0v) is 9.81. The van der Waals surface area contributed by atoms with Gasteiger partial charge >= 0.3 is 5.97 Å². The van der Waals surface area contributed by atoms with Gasteiger partial charge in [-0.3, -0.25) is 0 Å². The summed E-state index contributed by atoms with van der Waals surface area (Å²) in [7, 11) is -3.62. The van der Waals surface area contributed by atoms with Crippen molar-refractivity contribution in [3.05, 3.63) is 30.1 Å². The normalized spacial score (nSPS) is 11.8. The van der Waals surface area contributed by atoms with E-state index >= 15 is 0 Å². The van der Waals surface area contributed by atoms with Crippen LogP contribution in [0.15, 0.2) is 29.3 Å². The third kappa shape index (κ3) is 1.78. The summed E-state index contributed by atoms with van der Waals surface area (Å²) >= 11 is 0. The minimum atomic E-state index is -3.62. The third-order valence-corrected chi connectivity index (χ3v) is 4.17. The monoisotopic (exact) mass is 254 g/mol. The molecular formula is C10H10N2O4S. The molecule has 0 fully saturated rings. The Bertz CT molecular complexity index is 687. The summed E-state index contributed by atoms with van der Waals surface area (Å²) in [4.78, 5) is 10.8. The number of nitrogens with zero attached hydrogens (tertiary/aromatic N) is 2. The largest absolute Gasteiger partial charge is 0.476 e. The molecule has 0 atom stereocenters. The predicted octanol–water partition coefficient (Wildman–Crippen LogP) is 0.826. The van der Waals surface area contributed by atoms with E-state index in [0.717, 1.165) is 0 Å². The highest BCUT2D eigenvalue weighted by molar-refractivity contribution is 7.91. The van der Waals surface area contributed by atoms with Gasteiger partial charge in [0.2, 0.25) is 0 Å². The number of fused-ring (bicyclic) bond motifs is 1. The summed E-state index contributed by atoms with van der Waals surface area (Å²) in [5.41, 5.74) is -0.148. The second-order valence-corrected chi connectivity index (χ2v) is 5.63. The number of hydrogen-bond acceptors (Lipinski definition) is 4.